The minimum Gasteiger partial charge on any atom is -0.487 e. The van der Waals surface area contributed by atoms with Crippen molar-refractivity contribution in [2.75, 3.05) is 6.61 Å². The molecule has 0 aromatic heterocycles. The summed E-state index contributed by atoms with van der Waals surface area (Å²) in [5.41, 5.74) is 0.516. The van der Waals surface area contributed by atoms with E-state index in [1.54, 1.807) is 6.07 Å². The number of ether oxygens (including phenoxy) is 1. The van der Waals surface area contributed by atoms with E-state index in [0.717, 1.165) is 19.3 Å². The predicted octanol–water partition coefficient (Wildman–Crippen LogP) is 4.71. The average Bonchev–Trinajstić information content (AvgIpc) is 2.67. The fourth-order valence-corrected chi connectivity index (χ4v) is 3.13. The molecule has 7 heteroatoms. The van der Waals surface area contributed by atoms with Crippen molar-refractivity contribution in [2.24, 2.45) is 0 Å². The van der Waals surface area contributed by atoms with Crippen molar-refractivity contribution in [1.82, 2.24) is 5.32 Å². The average molecular weight is 400 g/mol. The molecule has 7 nitrogen and oxygen atoms in total. The minimum atomic E-state index is -0.548. The van der Waals surface area contributed by atoms with Gasteiger partial charge in [0.25, 0.3) is 5.91 Å². The number of hydrogen-bond acceptors (Lipinski definition) is 5. The molecular formula is C22H28N2O5. The normalized spacial score (nSPS) is 15.5. The Bertz CT molecular complexity index is 791. The Kier molecular flexibility index (Phi) is 8.58. The highest BCUT2D eigenvalue weighted by molar-refractivity contribution is 6.25. The number of nitrogens with zero attached hydrogens (tertiary/aromatic N) is 1. The van der Waals surface area contributed by atoms with E-state index in [2.05, 4.69) is 18.8 Å². The molecule has 1 aliphatic heterocycles. The summed E-state index contributed by atoms with van der Waals surface area (Å²) in [6.45, 7) is 6.18. The van der Waals surface area contributed by atoms with Crippen LogP contribution in [0, 0.1) is 10.1 Å². The number of carbonyl (C=O) groups excluding carboxylic acids is 2. The van der Waals surface area contributed by atoms with E-state index in [4.69, 9.17) is 4.74 Å². The van der Waals surface area contributed by atoms with Gasteiger partial charge in [0.15, 0.2) is 11.5 Å². The van der Waals surface area contributed by atoms with E-state index in [-0.39, 0.29) is 29.2 Å². The number of nitro benzene ring substituents is 1. The largest absolute Gasteiger partial charge is 0.487 e. The molecule has 1 aliphatic rings. The van der Waals surface area contributed by atoms with E-state index in [1.807, 2.05) is 0 Å². The van der Waals surface area contributed by atoms with E-state index in [0.29, 0.717) is 17.9 Å². The molecule has 1 fully saturated rings. The van der Waals surface area contributed by atoms with Crippen LogP contribution in [0.4, 0.5) is 5.69 Å². The summed E-state index contributed by atoms with van der Waals surface area (Å²) < 4.78 is 5.61. The molecule has 1 aromatic rings. The van der Waals surface area contributed by atoms with Gasteiger partial charge in [-0.25, -0.2) is 0 Å². The molecule has 0 atom stereocenters. The van der Waals surface area contributed by atoms with Crippen LogP contribution in [-0.2, 0) is 9.59 Å². The zero-order chi connectivity index (χ0) is 21.2. The van der Waals surface area contributed by atoms with Gasteiger partial charge in [0, 0.05) is 11.8 Å². The minimum absolute atomic E-state index is 0.0271. The maximum Gasteiger partial charge on any atom is 0.311 e. The number of hydrogen-bond donors (Lipinski definition) is 1. The van der Waals surface area contributed by atoms with Gasteiger partial charge in [0.2, 0.25) is 0 Å². The molecule has 1 saturated heterocycles. The van der Waals surface area contributed by atoms with Crippen molar-refractivity contribution in [3.63, 3.8) is 0 Å². The molecule has 156 valence electrons. The van der Waals surface area contributed by atoms with Gasteiger partial charge in [0.05, 0.1) is 23.5 Å². The molecule has 0 radical (unpaired) electrons. The third-order valence-corrected chi connectivity index (χ3v) is 4.71. The van der Waals surface area contributed by atoms with Crippen LogP contribution >= 0.6 is 0 Å². The Balaban J connectivity index is 1.99. The summed E-state index contributed by atoms with van der Waals surface area (Å²) >= 11 is 0. The van der Waals surface area contributed by atoms with Gasteiger partial charge in [-0.05, 0) is 24.1 Å². The number of rotatable bonds is 11. The second kappa shape index (κ2) is 11.1. The Labute approximate surface area is 171 Å². The van der Waals surface area contributed by atoms with Gasteiger partial charge in [0.1, 0.15) is 0 Å². The van der Waals surface area contributed by atoms with Crippen molar-refractivity contribution in [2.45, 2.75) is 58.3 Å². The number of benzene rings is 1. The van der Waals surface area contributed by atoms with E-state index < -0.39 is 10.8 Å². The van der Waals surface area contributed by atoms with Gasteiger partial charge in [-0.1, -0.05) is 58.1 Å². The lowest BCUT2D eigenvalue weighted by atomic mass is 9.99. The monoisotopic (exact) mass is 400 g/mol. The summed E-state index contributed by atoms with van der Waals surface area (Å²) in [5, 5.41) is 13.9. The SMILES string of the molecule is C=C1CC(=O)/C(=C\c2ccc(OCCCCCCCCC)c([N+](=O)[O-])c2)C(=O)N1. The molecule has 1 aromatic carbocycles. The zero-order valence-electron chi connectivity index (χ0n) is 16.9. The van der Waals surface area contributed by atoms with Crippen LogP contribution in [0.3, 0.4) is 0 Å². The number of amides is 1. The topological polar surface area (TPSA) is 98.5 Å². The van der Waals surface area contributed by atoms with E-state index >= 15 is 0 Å². The lowest BCUT2D eigenvalue weighted by Crippen LogP contribution is -2.34. The number of ketones is 1. The van der Waals surface area contributed by atoms with Gasteiger partial charge < -0.3 is 10.1 Å². The summed E-state index contributed by atoms with van der Waals surface area (Å²) in [5.74, 6) is -0.718. The molecule has 0 spiro atoms. The predicted molar refractivity (Wildman–Crippen MR) is 111 cm³/mol. The number of piperidine rings is 1. The first-order valence-electron chi connectivity index (χ1n) is 10.1. The van der Waals surface area contributed by atoms with Crippen molar-refractivity contribution in [3.05, 3.63) is 51.7 Å². The Hall–Kier alpha value is -2.96. The molecule has 1 amide bonds. The molecule has 0 bridgehead atoms. The first-order valence-corrected chi connectivity index (χ1v) is 10.1. The number of carbonyl (C=O) groups is 2. The number of nitrogens with one attached hydrogen (secondary N) is 1. The molecule has 29 heavy (non-hydrogen) atoms. The van der Waals surface area contributed by atoms with Crippen molar-refractivity contribution in [1.29, 1.82) is 0 Å². The van der Waals surface area contributed by atoms with Crippen LogP contribution in [0.15, 0.2) is 36.0 Å². The van der Waals surface area contributed by atoms with Gasteiger partial charge >= 0.3 is 5.69 Å². The third-order valence-electron chi connectivity index (χ3n) is 4.71. The maximum atomic E-state index is 12.0. The van der Waals surface area contributed by atoms with Crippen LogP contribution in [0.1, 0.15) is 63.9 Å². The van der Waals surface area contributed by atoms with Crippen LogP contribution in [-0.4, -0.2) is 23.2 Å². The summed E-state index contributed by atoms with van der Waals surface area (Å²) in [6.07, 6.45) is 9.32. The molecule has 1 N–H and O–H groups in total. The van der Waals surface area contributed by atoms with Gasteiger partial charge in [-0.2, -0.15) is 0 Å². The Morgan fingerprint density at radius 1 is 1.17 bits per heavy atom. The van der Waals surface area contributed by atoms with Crippen LogP contribution in [0.25, 0.3) is 6.08 Å². The van der Waals surface area contributed by atoms with Crippen molar-refractivity contribution >= 4 is 23.5 Å². The first kappa shape index (κ1) is 22.3. The number of Topliss-reactive ketones (excluding diaryl/α,β-unsaturated/α-hetero) is 1. The summed E-state index contributed by atoms with van der Waals surface area (Å²) in [6, 6.07) is 4.43. The molecule has 1 heterocycles. The second-order valence-corrected chi connectivity index (χ2v) is 7.17. The zero-order valence-corrected chi connectivity index (χ0v) is 16.9. The highest BCUT2D eigenvalue weighted by atomic mass is 16.6. The fraction of sp³-hybridized carbons (Fsp3) is 0.455. The smallest absolute Gasteiger partial charge is 0.311 e. The number of unbranched alkanes of at least 4 members (excludes halogenated alkanes) is 6. The molecule has 0 saturated carbocycles. The second-order valence-electron chi connectivity index (χ2n) is 7.17. The fourth-order valence-electron chi connectivity index (χ4n) is 3.13. The van der Waals surface area contributed by atoms with Crippen LogP contribution in [0.5, 0.6) is 5.75 Å². The van der Waals surface area contributed by atoms with Gasteiger partial charge in [-0.3, -0.25) is 19.7 Å². The quantitative estimate of drug-likeness (QED) is 0.191. The number of allylic oxidation sites excluding steroid dienone is 1. The van der Waals surface area contributed by atoms with Crippen LogP contribution in [0.2, 0.25) is 0 Å². The number of nitro groups is 1. The summed E-state index contributed by atoms with van der Waals surface area (Å²) in [4.78, 5) is 34.9. The standard InChI is InChI=1S/C22H28N2O5/c1-3-4-5-6-7-8-9-12-29-21-11-10-17(15-19(21)24(27)28)14-18-20(25)13-16(2)23-22(18)26/h10-11,14-15H,2-9,12-13H2,1H3,(H,23,26)/b18-14+. The van der Waals surface area contributed by atoms with E-state index in [1.165, 1.54) is 43.9 Å². The highest BCUT2D eigenvalue weighted by Crippen LogP contribution is 2.29. The Morgan fingerprint density at radius 3 is 2.52 bits per heavy atom. The third kappa shape index (κ3) is 6.85. The van der Waals surface area contributed by atoms with Gasteiger partial charge in [-0.15, -0.1) is 0 Å². The lowest BCUT2D eigenvalue weighted by molar-refractivity contribution is -0.385. The molecular weight excluding hydrogens is 372 g/mol. The molecule has 0 unspecified atom stereocenters. The summed E-state index contributed by atoms with van der Waals surface area (Å²) in [7, 11) is 0. The maximum absolute atomic E-state index is 12.0. The molecule has 2 rings (SSSR count). The van der Waals surface area contributed by atoms with Crippen molar-refractivity contribution in [3.8, 4) is 5.75 Å². The first-order chi connectivity index (χ1) is 13.9. The lowest BCUT2D eigenvalue weighted by Gasteiger charge is -2.16. The highest BCUT2D eigenvalue weighted by Gasteiger charge is 2.25. The van der Waals surface area contributed by atoms with Crippen molar-refractivity contribution < 1.29 is 19.2 Å². The van der Waals surface area contributed by atoms with Crippen LogP contribution < -0.4 is 10.1 Å². The Morgan fingerprint density at radius 2 is 1.86 bits per heavy atom. The molecule has 0 aliphatic carbocycles. The van der Waals surface area contributed by atoms with E-state index in [9.17, 15) is 19.7 Å².